The number of halogens is 2. The summed E-state index contributed by atoms with van der Waals surface area (Å²) in [5.74, 6) is -1.01. The molecule has 1 unspecified atom stereocenters. The van der Waals surface area contributed by atoms with Gasteiger partial charge in [0.1, 0.15) is 12.6 Å². The number of carbonyl (C=O) groups is 2. The van der Waals surface area contributed by atoms with E-state index in [2.05, 4.69) is 5.32 Å². The Morgan fingerprint density at radius 1 is 0.791 bits per heavy atom. The second kappa shape index (κ2) is 14.1. The van der Waals surface area contributed by atoms with E-state index in [1.54, 1.807) is 54.6 Å². The van der Waals surface area contributed by atoms with Gasteiger partial charge in [0.05, 0.1) is 10.6 Å². The highest BCUT2D eigenvalue weighted by Gasteiger charge is 2.35. The summed E-state index contributed by atoms with van der Waals surface area (Å²) in [6, 6.07) is 26.6. The molecule has 224 valence electrons. The molecule has 0 spiro atoms. The van der Waals surface area contributed by atoms with E-state index in [0.717, 1.165) is 21.0 Å². The molecule has 0 radical (unpaired) electrons. The minimum atomic E-state index is -4.18. The fourth-order valence-corrected chi connectivity index (χ4v) is 6.58. The molecule has 0 aliphatic rings. The molecule has 0 fully saturated rings. The maximum absolute atomic E-state index is 14.4. The zero-order chi connectivity index (χ0) is 31.1. The summed E-state index contributed by atoms with van der Waals surface area (Å²) in [6.07, 6.45) is 0.184. The number of hydrogen-bond donors (Lipinski definition) is 1. The number of sulfonamides is 1. The Balaban J connectivity index is 1.81. The van der Waals surface area contributed by atoms with E-state index in [0.29, 0.717) is 21.3 Å². The predicted octanol–water partition coefficient (Wildman–Crippen LogP) is 6.19. The number of benzene rings is 4. The van der Waals surface area contributed by atoms with E-state index in [1.807, 2.05) is 44.2 Å². The minimum Gasteiger partial charge on any atom is -0.357 e. The number of amides is 2. The van der Waals surface area contributed by atoms with Crippen molar-refractivity contribution in [3.8, 4) is 0 Å². The van der Waals surface area contributed by atoms with Crippen molar-refractivity contribution in [3.63, 3.8) is 0 Å². The van der Waals surface area contributed by atoms with Crippen LogP contribution in [0.15, 0.2) is 102 Å². The number of aryl methyl sites for hydroxylation is 2. The van der Waals surface area contributed by atoms with Gasteiger partial charge in [0, 0.05) is 35.6 Å². The maximum Gasteiger partial charge on any atom is 0.264 e. The lowest BCUT2D eigenvalue weighted by Crippen LogP contribution is -2.53. The van der Waals surface area contributed by atoms with Crippen LogP contribution in [0.5, 0.6) is 0 Å². The number of nitrogens with zero attached hydrogens (tertiary/aromatic N) is 2. The second-order valence-electron chi connectivity index (χ2n) is 10.2. The molecule has 4 aromatic carbocycles. The second-order valence-corrected chi connectivity index (χ2v) is 12.9. The maximum atomic E-state index is 14.4. The molecular weight excluding hydrogens is 605 g/mol. The Morgan fingerprint density at radius 2 is 1.35 bits per heavy atom. The van der Waals surface area contributed by atoms with Gasteiger partial charge in [-0.15, -0.1) is 0 Å². The molecule has 4 rings (SSSR count). The zero-order valence-electron chi connectivity index (χ0n) is 24.1. The fraction of sp³-hybridized carbons (Fsp3) is 0.212. The molecule has 10 heteroatoms. The van der Waals surface area contributed by atoms with Crippen LogP contribution >= 0.6 is 23.2 Å². The summed E-state index contributed by atoms with van der Waals surface area (Å²) >= 11 is 13.0. The van der Waals surface area contributed by atoms with Crippen molar-refractivity contribution < 1.29 is 18.0 Å². The van der Waals surface area contributed by atoms with Crippen LogP contribution in [0.25, 0.3) is 0 Å². The molecule has 4 aromatic rings. The number of hydrogen-bond acceptors (Lipinski definition) is 4. The van der Waals surface area contributed by atoms with Crippen molar-refractivity contribution in [2.24, 2.45) is 0 Å². The Morgan fingerprint density at radius 3 is 1.91 bits per heavy atom. The molecule has 0 aliphatic carbocycles. The van der Waals surface area contributed by atoms with Crippen molar-refractivity contribution in [3.05, 3.63) is 129 Å². The van der Waals surface area contributed by atoms with Gasteiger partial charge in [-0.2, -0.15) is 0 Å². The van der Waals surface area contributed by atoms with Gasteiger partial charge < -0.3 is 10.2 Å². The van der Waals surface area contributed by atoms with Crippen LogP contribution in [0.1, 0.15) is 22.3 Å². The van der Waals surface area contributed by atoms with Crippen LogP contribution in [0, 0.1) is 13.8 Å². The van der Waals surface area contributed by atoms with E-state index in [1.165, 1.54) is 24.1 Å². The number of anilines is 1. The summed E-state index contributed by atoms with van der Waals surface area (Å²) in [5, 5.41) is 3.30. The number of rotatable bonds is 11. The highest BCUT2D eigenvalue weighted by molar-refractivity contribution is 7.92. The predicted molar refractivity (Wildman–Crippen MR) is 172 cm³/mol. The molecule has 0 aliphatic heterocycles. The molecule has 0 aromatic heterocycles. The van der Waals surface area contributed by atoms with Crippen LogP contribution in [0.2, 0.25) is 10.0 Å². The van der Waals surface area contributed by atoms with Crippen molar-refractivity contribution >= 4 is 50.7 Å². The molecule has 1 atom stereocenters. The quantitative estimate of drug-likeness (QED) is 0.212. The van der Waals surface area contributed by atoms with Crippen molar-refractivity contribution in [1.29, 1.82) is 0 Å². The third kappa shape index (κ3) is 7.76. The fourth-order valence-electron chi connectivity index (χ4n) is 4.65. The average molecular weight is 639 g/mol. The van der Waals surface area contributed by atoms with Crippen LogP contribution < -0.4 is 9.62 Å². The van der Waals surface area contributed by atoms with Crippen molar-refractivity contribution in [2.45, 2.75) is 37.8 Å². The molecule has 0 saturated carbocycles. The molecule has 0 saturated heterocycles. The summed E-state index contributed by atoms with van der Waals surface area (Å²) in [6.45, 7) is 3.07. The van der Waals surface area contributed by atoms with Gasteiger partial charge in [-0.05, 0) is 55.8 Å². The Bertz CT molecular complexity index is 1660. The number of carbonyl (C=O) groups excluding carboxylic acids is 2. The Hall–Kier alpha value is -3.85. The zero-order valence-corrected chi connectivity index (χ0v) is 26.5. The van der Waals surface area contributed by atoms with Crippen LogP contribution in [0.4, 0.5) is 5.69 Å². The highest BCUT2D eigenvalue weighted by atomic mass is 35.5. The monoisotopic (exact) mass is 637 g/mol. The molecular formula is C33H33Cl2N3O4S. The van der Waals surface area contributed by atoms with E-state index in [-0.39, 0.29) is 17.9 Å². The summed E-state index contributed by atoms with van der Waals surface area (Å²) in [7, 11) is -2.69. The normalized spacial score (nSPS) is 11.9. The lowest BCUT2D eigenvalue weighted by molar-refractivity contribution is -0.139. The summed E-state index contributed by atoms with van der Waals surface area (Å²) < 4.78 is 29.2. The van der Waals surface area contributed by atoms with Gasteiger partial charge in [-0.1, -0.05) is 95.0 Å². The van der Waals surface area contributed by atoms with E-state index in [4.69, 9.17) is 23.2 Å². The first-order valence-electron chi connectivity index (χ1n) is 13.6. The van der Waals surface area contributed by atoms with E-state index >= 15 is 0 Å². The van der Waals surface area contributed by atoms with Crippen molar-refractivity contribution in [2.75, 3.05) is 17.9 Å². The van der Waals surface area contributed by atoms with E-state index in [9.17, 15) is 18.0 Å². The van der Waals surface area contributed by atoms with Gasteiger partial charge >= 0.3 is 0 Å². The first kappa shape index (κ1) is 32.1. The standard InChI is InChI=1S/C33H33Cl2N3O4S/c1-23-12-16-26(17-13-23)38(43(41,42)27-18-14-24(2)15-19-27)22-32(39)37(21-28-29(34)10-7-11-30(28)35)31(33(40)36-3)20-25-8-5-4-6-9-25/h4-19,31H,20-22H2,1-3H3,(H,36,40). The lowest BCUT2D eigenvalue weighted by Gasteiger charge is -2.34. The van der Waals surface area contributed by atoms with Gasteiger partial charge in [-0.3, -0.25) is 13.9 Å². The topological polar surface area (TPSA) is 86.8 Å². The van der Waals surface area contributed by atoms with Crippen LogP contribution in [-0.2, 0) is 32.6 Å². The molecule has 0 bridgehead atoms. The SMILES string of the molecule is CNC(=O)C(Cc1ccccc1)N(Cc1c(Cl)cccc1Cl)C(=O)CN(c1ccc(C)cc1)S(=O)(=O)c1ccc(C)cc1. The third-order valence-electron chi connectivity index (χ3n) is 7.12. The average Bonchev–Trinajstić information content (AvgIpc) is 2.99. The minimum absolute atomic E-state index is 0.0410. The number of nitrogens with one attached hydrogen (secondary N) is 1. The third-order valence-corrected chi connectivity index (χ3v) is 9.61. The van der Waals surface area contributed by atoms with Crippen LogP contribution in [-0.4, -0.2) is 44.8 Å². The van der Waals surface area contributed by atoms with Gasteiger partial charge in [-0.25, -0.2) is 8.42 Å². The number of likely N-dealkylation sites (N-methyl/N-ethyl adjacent to an activating group) is 1. The smallest absolute Gasteiger partial charge is 0.264 e. The first-order valence-corrected chi connectivity index (χ1v) is 15.8. The Kier molecular flexibility index (Phi) is 10.5. The van der Waals surface area contributed by atoms with E-state index < -0.39 is 34.4 Å². The molecule has 43 heavy (non-hydrogen) atoms. The largest absolute Gasteiger partial charge is 0.357 e. The Labute approximate surface area is 263 Å². The van der Waals surface area contributed by atoms with Crippen molar-refractivity contribution in [1.82, 2.24) is 10.2 Å². The lowest BCUT2D eigenvalue weighted by atomic mass is 10.0. The molecule has 1 N–H and O–H groups in total. The molecule has 7 nitrogen and oxygen atoms in total. The van der Waals surface area contributed by atoms with Gasteiger partial charge in [0.2, 0.25) is 11.8 Å². The molecule has 0 heterocycles. The first-order chi connectivity index (χ1) is 20.5. The van der Waals surface area contributed by atoms with Crippen LogP contribution in [0.3, 0.4) is 0 Å². The molecule has 2 amide bonds. The van der Waals surface area contributed by atoms with Gasteiger partial charge in [0.15, 0.2) is 0 Å². The highest BCUT2D eigenvalue weighted by Crippen LogP contribution is 2.29. The summed E-state index contributed by atoms with van der Waals surface area (Å²) in [4.78, 5) is 29.1. The van der Waals surface area contributed by atoms with Gasteiger partial charge in [0.25, 0.3) is 10.0 Å². The summed E-state index contributed by atoms with van der Waals surface area (Å²) in [5.41, 5.74) is 3.41.